The highest BCUT2D eigenvalue weighted by atomic mass is 35.5. The quantitative estimate of drug-likeness (QED) is 0.608. The number of nitrogens with zero attached hydrogens (tertiary/aromatic N) is 2. The summed E-state index contributed by atoms with van der Waals surface area (Å²) in [5.74, 6) is 0.196. The SMILES string of the molecule is O=C(C(O)c1cc(Cl)cc(Cl)c1)N1CCc2nc(C3(c4ccccc4)CC3)[nH]c(=O)c2C1. The van der Waals surface area contributed by atoms with E-state index in [1.54, 1.807) is 0 Å². The molecule has 0 radical (unpaired) electrons. The second-order valence-corrected chi connectivity index (χ2v) is 9.28. The second-order valence-electron chi connectivity index (χ2n) is 8.40. The molecule has 2 aromatic carbocycles. The third-order valence-corrected chi connectivity index (χ3v) is 6.78. The van der Waals surface area contributed by atoms with Crippen molar-refractivity contribution in [2.24, 2.45) is 0 Å². The first kappa shape index (κ1) is 21.2. The van der Waals surface area contributed by atoms with E-state index in [1.165, 1.54) is 23.1 Å². The fourth-order valence-electron chi connectivity index (χ4n) is 4.43. The summed E-state index contributed by atoms with van der Waals surface area (Å²) in [7, 11) is 0. The van der Waals surface area contributed by atoms with E-state index in [9.17, 15) is 14.7 Å². The van der Waals surface area contributed by atoms with Crippen molar-refractivity contribution in [3.63, 3.8) is 0 Å². The van der Waals surface area contributed by atoms with E-state index in [-0.39, 0.29) is 17.5 Å². The number of hydrogen-bond donors (Lipinski definition) is 2. The van der Waals surface area contributed by atoms with Crippen molar-refractivity contribution in [2.75, 3.05) is 6.54 Å². The van der Waals surface area contributed by atoms with Crippen LogP contribution in [0.25, 0.3) is 0 Å². The average molecular weight is 470 g/mol. The molecule has 1 fully saturated rings. The molecule has 164 valence electrons. The normalized spacial score (nSPS) is 17.5. The monoisotopic (exact) mass is 469 g/mol. The second kappa shape index (κ2) is 8.03. The largest absolute Gasteiger partial charge is 0.378 e. The minimum absolute atomic E-state index is 0.0977. The minimum atomic E-state index is -1.41. The zero-order valence-corrected chi connectivity index (χ0v) is 18.7. The molecular formula is C24H21Cl2N3O3. The molecule has 1 saturated carbocycles. The van der Waals surface area contributed by atoms with Crippen LogP contribution in [0.1, 0.15) is 47.2 Å². The van der Waals surface area contributed by atoms with Crippen molar-refractivity contribution in [3.8, 4) is 0 Å². The molecule has 1 aliphatic carbocycles. The lowest BCUT2D eigenvalue weighted by Crippen LogP contribution is -2.42. The molecule has 1 aromatic heterocycles. The van der Waals surface area contributed by atoms with Crippen LogP contribution in [0.15, 0.2) is 53.3 Å². The van der Waals surface area contributed by atoms with Crippen LogP contribution in [0.3, 0.4) is 0 Å². The number of aromatic nitrogens is 2. The number of rotatable bonds is 4. The fraction of sp³-hybridized carbons (Fsp3) is 0.292. The van der Waals surface area contributed by atoms with E-state index in [4.69, 9.17) is 28.2 Å². The van der Waals surface area contributed by atoms with Gasteiger partial charge in [-0.2, -0.15) is 0 Å². The van der Waals surface area contributed by atoms with Crippen LogP contribution in [-0.4, -0.2) is 32.4 Å². The number of benzene rings is 2. The van der Waals surface area contributed by atoms with Gasteiger partial charge in [0.05, 0.1) is 23.2 Å². The lowest BCUT2D eigenvalue weighted by molar-refractivity contribution is -0.141. The highest BCUT2D eigenvalue weighted by Gasteiger charge is 2.48. The van der Waals surface area contributed by atoms with Crippen LogP contribution in [0.2, 0.25) is 10.0 Å². The smallest absolute Gasteiger partial charge is 0.256 e. The topological polar surface area (TPSA) is 86.3 Å². The summed E-state index contributed by atoms with van der Waals surface area (Å²) in [6, 6.07) is 14.6. The van der Waals surface area contributed by atoms with Gasteiger partial charge in [-0.15, -0.1) is 0 Å². The maximum atomic E-state index is 13.0. The lowest BCUT2D eigenvalue weighted by atomic mass is 9.94. The number of amides is 1. The molecule has 1 atom stereocenters. The summed E-state index contributed by atoms with van der Waals surface area (Å²) >= 11 is 12.0. The van der Waals surface area contributed by atoms with E-state index in [0.29, 0.717) is 40.0 Å². The Morgan fingerprint density at radius 2 is 1.81 bits per heavy atom. The summed E-state index contributed by atoms with van der Waals surface area (Å²) in [5, 5.41) is 11.3. The number of H-pyrrole nitrogens is 1. The molecule has 3 aromatic rings. The third kappa shape index (κ3) is 3.72. The predicted molar refractivity (Wildman–Crippen MR) is 122 cm³/mol. The number of aliphatic hydroxyl groups excluding tert-OH is 1. The van der Waals surface area contributed by atoms with Crippen molar-refractivity contribution >= 4 is 29.1 Å². The van der Waals surface area contributed by atoms with Gasteiger partial charge in [0.2, 0.25) is 0 Å². The van der Waals surface area contributed by atoms with E-state index >= 15 is 0 Å². The van der Waals surface area contributed by atoms with Gasteiger partial charge in [0, 0.05) is 23.0 Å². The number of carbonyl (C=O) groups is 1. The van der Waals surface area contributed by atoms with Crippen molar-refractivity contribution in [1.29, 1.82) is 0 Å². The molecule has 2 heterocycles. The average Bonchev–Trinajstić information content (AvgIpc) is 3.60. The first-order chi connectivity index (χ1) is 15.4. The Balaban J connectivity index is 1.40. The summed E-state index contributed by atoms with van der Waals surface area (Å²) in [5.41, 5.74) is 2.19. The van der Waals surface area contributed by atoms with Crippen molar-refractivity contribution in [2.45, 2.75) is 37.3 Å². The zero-order valence-electron chi connectivity index (χ0n) is 17.1. The van der Waals surface area contributed by atoms with Crippen LogP contribution in [0, 0.1) is 0 Å². The van der Waals surface area contributed by atoms with Crippen molar-refractivity contribution < 1.29 is 9.90 Å². The van der Waals surface area contributed by atoms with Gasteiger partial charge in [-0.3, -0.25) is 9.59 Å². The number of fused-ring (bicyclic) bond motifs is 1. The Labute approximate surface area is 194 Å². The van der Waals surface area contributed by atoms with Gasteiger partial charge in [0.1, 0.15) is 5.82 Å². The van der Waals surface area contributed by atoms with E-state index < -0.39 is 12.0 Å². The maximum absolute atomic E-state index is 13.0. The van der Waals surface area contributed by atoms with Gasteiger partial charge in [-0.1, -0.05) is 53.5 Å². The molecule has 1 aliphatic heterocycles. The van der Waals surface area contributed by atoms with Gasteiger partial charge >= 0.3 is 0 Å². The standard InChI is InChI=1S/C24H21Cl2N3O3/c25-16-10-14(11-17(26)12-16)20(30)22(32)29-9-6-19-18(13-29)21(31)28-23(27-19)24(7-8-24)15-4-2-1-3-5-15/h1-5,10-12,20,30H,6-9,13H2,(H,27,28,31). The molecule has 5 rings (SSSR count). The van der Waals surface area contributed by atoms with E-state index in [2.05, 4.69) is 17.1 Å². The van der Waals surface area contributed by atoms with Gasteiger partial charge in [-0.05, 0) is 42.2 Å². The number of nitrogens with one attached hydrogen (secondary N) is 1. The predicted octanol–water partition coefficient (Wildman–Crippen LogP) is 3.77. The van der Waals surface area contributed by atoms with E-state index in [1.807, 2.05) is 18.2 Å². The summed E-state index contributed by atoms with van der Waals surface area (Å²) in [6.07, 6.45) is 0.924. The van der Waals surface area contributed by atoms with Crippen LogP contribution >= 0.6 is 23.2 Å². The summed E-state index contributed by atoms with van der Waals surface area (Å²) in [6.45, 7) is 0.464. The molecule has 8 heteroatoms. The van der Waals surface area contributed by atoms with Crippen molar-refractivity contribution in [1.82, 2.24) is 14.9 Å². The number of carbonyl (C=O) groups excluding carboxylic acids is 1. The first-order valence-electron chi connectivity index (χ1n) is 10.5. The Morgan fingerprint density at radius 3 is 2.47 bits per heavy atom. The maximum Gasteiger partial charge on any atom is 0.256 e. The Bertz CT molecular complexity index is 1230. The molecule has 0 bridgehead atoms. The fourth-order valence-corrected chi connectivity index (χ4v) is 4.98. The van der Waals surface area contributed by atoms with Crippen LogP contribution in [-0.2, 0) is 23.2 Å². The van der Waals surface area contributed by atoms with Crippen LogP contribution < -0.4 is 5.56 Å². The van der Waals surface area contributed by atoms with Gasteiger partial charge in [-0.25, -0.2) is 4.98 Å². The molecule has 2 aliphatic rings. The van der Waals surface area contributed by atoms with Gasteiger partial charge in [0.15, 0.2) is 6.10 Å². The highest BCUT2D eigenvalue weighted by Crippen LogP contribution is 2.51. The Hall–Kier alpha value is -2.67. The number of aromatic amines is 1. The molecule has 0 saturated heterocycles. The molecule has 1 amide bonds. The van der Waals surface area contributed by atoms with Crippen molar-refractivity contribution in [3.05, 3.63) is 97.1 Å². The Morgan fingerprint density at radius 1 is 1.12 bits per heavy atom. The minimum Gasteiger partial charge on any atom is -0.378 e. The molecular weight excluding hydrogens is 449 g/mol. The van der Waals surface area contributed by atoms with Crippen LogP contribution in [0.4, 0.5) is 0 Å². The highest BCUT2D eigenvalue weighted by molar-refractivity contribution is 6.34. The van der Waals surface area contributed by atoms with Gasteiger partial charge in [0.25, 0.3) is 11.5 Å². The van der Waals surface area contributed by atoms with E-state index in [0.717, 1.165) is 24.1 Å². The Kier molecular flexibility index (Phi) is 5.32. The number of aliphatic hydroxyl groups is 1. The zero-order chi connectivity index (χ0) is 22.5. The molecule has 0 spiro atoms. The van der Waals surface area contributed by atoms with Gasteiger partial charge < -0.3 is 15.0 Å². The number of halogens is 2. The first-order valence-corrected chi connectivity index (χ1v) is 11.2. The molecule has 2 N–H and O–H groups in total. The summed E-state index contributed by atoms with van der Waals surface area (Å²) < 4.78 is 0. The molecule has 32 heavy (non-hydrogen) atoms. The lowest BCUT2D eigenvalue weighted by Gasteiger charge is -2.30. The summed E-state index contributed by atoms with van der Waals surface area (Å²) in [4.78, 5) is 35.1. The third-order valence-electron chi connectivity index (χ3n) is 6.34. The number of hydrogen-bond acceptors (Lipinski definition) is 4. The molecule has 1 unspecified atom stereocenters. The molecule has 6 nitrogen and oxygen atoms in total. The van der Waals surface area contributed by atoms with Crippen LogP contribution in [0.5, 0.6) is 0 Å².